The fourth-order valence-electron chi connectivity index (χ4n) is 2.47. The fraction of sp³-hybridized carbons (Fsp3) is 0.500. The van der Waals surface area contributed by atoms with Crippen molar-refractivity contribution in [3.05, 3.63) is 34.9 Å². The highest BCUT2D eigenvalue weighted by atomic mass is 16.5. The molecule has 92 valence electrons. The lowest BCUT2D eigenvalue weighted by Gasteiger charge is -2.10. The Bertz CT molecular complexity index is 415. The molecule has 0 aromatic heterocycles. The Morgan fingerprint density at radius 3 is 3.06 bits per heavy atom. The minimum atomic E-state index is -0.158. The number of esters is 1. The summed E-state index contributed by atoms with van der Waals surface area (Å²) in [7, 11) is 0. The Morgan fingerprint density at radius 2 is 2.35 bits per heavy atom. The average molecular weight is 233 g/mol. The third kappa shape index (κ3) is 2.67. The van der Waals surface area contributed by atoms with Crippen LogP contribution in [0.5, 0.6) is 0 Å². The molecule has 0 aliphatic heterocycles. The van der Waals surface area contributed by atoms with Crippen molar-refractivity contribution in [2.75, 3.05) is 13.2 Å². The van der Waals surface area contributed by atoms with Crippen LogP contribution in [0.4, 0.5) is 0 Å². The number of hydrogen-bond acceptors (Lipinski definition) is 3. The first-order chi connectivity index (χ1) is 8.24. The van der Waals surface area contributed by atoms with Crippen LogP contribution in [0.3, 0.4) is 0 Å². The summed E-state index contributed by atoms with van der Waals surface area (Å²) in [5, 5.41) is 0. The molecule has 0 heterocycles. The molecule has 0 saturated carbocycles. The number of rotatable bonds is 4. The molecule has 0 radical (unpaired) electrons. The van der Waals surface area contributed by atoms with Gasteiger partial charge in [0.05, 0.1) is 13.0 Å². The highest BCUT2D eigenvalue weighted by Crippen LogP contribution is 2.32. The second-order valence-corrected chi connectivity index (χ2v) is 4.49. The SMILES string of the molecule is CCOC(=O)Cc1ccc2c(c1)C(CN)CC2. The zero-order chi connectivity index (χ0) is 12.3. The number of hydrogen-bond donors (Lipinski definition) is 1. The molecule has 0 amide bonds. The first-order valence-electron chi connectivity index (χ1n) is 6.22. The highest BCUT2D eigenvalue weighted by molar-refractivity contribution is 5.72. The minimum Gasteiger partial charge on any atom is -0.466 e. The van der Waals surface area contributed by atoms with Gasteiger partial charge in [-0.25, -0.2) is 0 Å². The molecular formula is C14H19NO2. The van der Waals surface area contributed by atoms with Crippen LogP contribution < -0.4 is 5.73 Å². The fourth-order valence-corrected chi connectivity index (χ4v) is 2.47. The number of ether oxygens (including phenoxy) is 1. The second-order valence-electron chi connectivity index (χ2n) is 4.49. The van der Waals surface area contributed by atoms with E-state index in [0.29, 0.717) is 25.5 Å². The molecule has 1 unspecified atom stereocenters. The Hall–Kier alpha value is -1.35. The van der Waals surface area contributed by atoms with Crippen molar-refractivity contribution >= 4 is 5.97 Å². The van der Waals surface area contributed by atoms with Crippen molar-refractivity contribution in [3.8, 4) is 0 Å². The molecule has 1 aliphatic rings. The number of aryl methyl sites for hydroxylation is 1. The largest absolute Gasteiger partial charge is 0.466 e. The van der Waals surface area contributed by atoms with Gasteiger partial charge in [-0.15, -0.1) is 0 Å². The summed E-state index contributed by atoms with van der Waals surface area (Å²) < 4.78 is 4.95. The maximum atomic E-state index is 11.4. The summed E-state index contributed by atoms with van der Waals surface area (Å²) in [6.45, 7) is 2.95. The molecule has 1 aromatic carbocycles. The van der Waals surface area contributed by atoms with E-state index in [2.05, 4.69) is 12.1 Å². The van der Waals surface area contributed by atoms with Crippen LogP contribution in [0.1, 0.15) is 36.0 Å². The zero-order valence-corrected chi connectivity index (χ0v) is 10.2. The number of nitrogens with two attached hydrogens (primary N) is 1. The van der Waals surface area contributed by atoms with E-state index < -0.39 is 0 Å². The molecule has 1 aliphatic carbocycles. The summed E-state index contributed by atoms with van der Waals surface area (Å²) in [6, 6.07) is 6.27. The summed E-state index contributed by atoms with van der Waals surface area (Å²) in [4.78, 5) is 11.4. The second kappa shape index (κ2) is 5.32. The standard InChI is InChI=1S/C14H19NO2/c1-2-17-14(16)8-10-3-4-11-5-6-12(9-15)13(11)7-10/h3-4,7,12H,2,5-6,8-9,15H2,1H3. The molecule has 1 aromatic rings. The lowest BCUT2D eigenvalue weighted by atomic mass is 9.98. The molecule has 3 heteroatoms. The lowest BCUT2D eigenvalue weighted by Crippen LogP contribution is -2.11. The van der Waals surface area contributed by atoms with Gasteiger partial charge in [-0.1, -0.05) is 18.2 Å². The molecule has 0 saturated heterocycles. The Balaban J connectivity index is 2.13. The topological polar surface area (TPSA) is 52.3 Å². The van der Waals surface area contributed by atoms with E-state index in [-0.39, 0.29) is 5.97 Å². The van der Waals surface area contributed by atoms with E-state index in [9.17, 15) is 4.79 Å². The predicted octanol–water partition coefficient (Wildman–Crippen LogP) is 1.78. The molecule has 1 atom stereocenters. The molecule has 3 nitrogen and oxygen atoms in total. The first-order valence-corrected chi connectivity index (χ1v) is 6.22. The number of carbonyl (C=O) groups excluding carboxylic acids is 1. The van der Waals surface area contributed by atoms with Gasteiger partial charge < -0.3 is 10.5 Å². The molecule has 0 bridgehead atoms. The Kier molecular flexibility index (Phi) is 3.79. The maximum absolute atomic E-state index is 11.4. The smallest absolute Gasteiger partial charge is 0.310 e. The van der Waals surface area contributed by atoms with E-state index in [1.807, 2.05) is 13.0 Å². The summed E-state index contributed by atoms with van der Waals surface area (Å²) in [6.07, 6.45) is 2.60. The molecule has 0 fully saturated rings. The number of carbonyl (C=O) groups is 1. The van der Waals surface area contributed by atoms with Gasteiger partial charge in [0.15, 0.2) is 0 Å². The van der Waals surface area contributed by atoms with E-state index in [0.717, 1.165) is 18.4 Å². The van der Waals surface area contributed by atoms with Gasteiger partial charge in [0, 0.05) is 0 Å². The van der Waals surface area contributed by atoms with Gasteiger partial charge in [-0.2, -0.15) is 0 Å². The van der Waals surface area contributed by atoms with Crippen LogP contribution in [0.2, 0.25) is 0 Å². The van der Waals surface area contributed by atoms with Gasteiger partial charge >= 0.3 is 5.97 Å². The number of fused-ring (bicyclic) bond motifs is 1. The lowest BCUT2D eigenvalue weighted by molar-refractivity contribution is -0.142. The van der Waals surface area contributed by atoms with Gasteiger partial charge in [0.25, 0.3) is 0 Å². The third-order valence-electron chi connectivity index (χ3n) is 3.35. The van der Waals surface area contributed by atoms with Gasteiger partial charge in [-0.05, 0) is 48.9 Å². The van der Waals surface area contributed by atoms with Crippen LogP contribution >= 0.6 is 0 Å². The van der Waals surface area contributed by atoms with Gasteiger partial charge in [0.1, 0.15) is 0 Å². The normalized spacial score (nSPS) is 17.9. The van der Waals surface area contributed by atoms with Gasteiger partial charge in [-0.3, -0.25) is 4.79 Å². The minimum absolute atomic E-state index is 0.158. The van der Waals surface area contributed by atoms with E-state index >= 15 is 0 Å². The average Bonchev–Trinajstić information content (AvgIpc) is 2.71. The monoisotopic (exact) mass is 233 g/mol. The van der Waals surface area contributed by atoms with E-state index in [1.165, 1.54) is 11.1 Å². The van der Waals surface area contributed by atoms with Crippen molar-refractivity contribution in [2.45, 2.75) is 32.1 Å². The molecular weight excluding hydrogens is 214 g/mol. The molecule has 17 heavy (non-hydrogen) atoms. The van der Waals surface area contributed by atoms with E-state index in [1.54, 1.807) is 0 Å². The summed E-state index contributed by atoms with van der Waals surface area (Å²) in [5.41, 5.74) is 9.50. The van der Waals surface area contributed by atoms with Crippen LogP contribution in [0.25, 0.3) is 0 Å². The van der Waals surface area contributed by atoms with Crippen molar-refractivity contribution in [1.82, 2.24) is 0 Å². The Labute approximate surface area is 102 Å². The van der Waals surface area contributed by atoms with Crippen molar-refractivity contribution in [1.29, 1.82) is 0 Å². The van der Waals surface area contributed by atoms with Crippen LogP contribution in [-0.4, -0.2) is 19.1 Å². The van der Waals surface area contributed by atoms with Crippen molar-refractivity contribution < 1.29 is 9.53 Å². The first kappa shape index (κ1) is 12.1. The van der Waals surface area contributed by atoms with Gasteiger partial charge in [0.2, 0.25) is 0 Å². The third-order valence-corrected chi connectivity index (χ3v) is 3.35. The predicted molar refractivity (Wildman–Crippen MR) is 66.9 cm³/mol. The van der Waals surface area contributed by atoms with Crippen LogP contribution in [0.15, 0.2) is 18.2 Å². The van der Waals surface area contributed by atoms with Crippen molar-refractivity contribution in [2.24, 2.45) is 5.73 Å². The van der Waals surface area contributed by atoms with Crippen LogP contribution in [-0.2, 0) is 22.4 Å². The van der Waals surface area contributed by atoms with Crippen LogP contribution in [0, 0.1) is 0 Å². The number of benzene rings is 1. The maximum Gasteiger partial charge on any atom is 0.310 e. The highest BCUT2D eigenvalue weighted by Gasteiger charge is 2.21. The Morgan fingerprint density at radius 1 is 1.53 bits per heavy atom. The molecule has 2 rings (SSSR count). The molecule has 2 N–H and O–H groups in total. The zero-order valence-electron chi connectivity index (χ0n) is 10.2. The quantitative estimate of drug-likeness (QED) is 0.806. The van der Waals surface area contributed by atoms with Crippen molar-refractivity contribution in [3.63, 3.8) is 0 Å². The summed E-state index contributed by atoms with van der Waals surface area (Å²) in [5.74, 6) is 0.307. The summed E-state index contributed by atoms with van der Waals surface area (Å²) >= 11 is 0. The molecule has 0 spiro atoms. The van der Waals surface area contributed by atoms with E-state index in [4.69, 9.17) is 10.5 Å².